The van der Waals surface area contributed by atoms with E-state index in [9.17, 15) is 9.59 Å². The Bertz CT molecular complexity index is 1120. The largest absolute Gasteiger partial charge is 0.495 e. The van der Waals surface area contributed by atoms with Crippen molar-refractivity contribution in [2.75, 3.05) is 44.7 Å². The number of para-hydroxylation sites is 2. The van der Waals surface area contributed by atoms with Crippen LogP contribution in [0.3, 0.4) is 0 Å². The Morgan fingerprint density at radius 2 is 1.70 bits per heavy atom. The lowest BCUT2D eigenvalue weighted by Crippen LogP contribution is -2.67. The summed E-state index contributed by atoms with van der Waals surface area (Å²) in [7, 11) is 1.68. The molecule has 4 unspecified atom stereocenters. The van der Waals surface area contributed by atoms with Gasteiger partial charge in [-0.1, -0.05) is 55.3 Å². The minimum Gasteiger partial charge on any atom is -0.495 e. The quantitative estimate of drug-likeness (QED) is 0.652. The van der Waals surface area contributed by atoms with Gasteiger partial charge in [0.05, 0.1) is 12.8 Å². The maximum atomic E-state index is 13.7. The molecule has 2 aromatic carbocycles. The van der Waals surface area contributed by atoms with Crippen molar-refractivity contribution in [3.8, 4) is 5.75 Å². The maximum Gasteiger partial charge on any atom is 0.336 e. The Morgan fingerprint density at radius 3 is 2.49 bits per heavy atom. The van der Waals surface area contributed by atoms with E-state index in [1.807, 2.05) is 46.2 Å². The van der Waals surface area contributed by atoms with Crippen molar-refractivity contribution in [3.63, 3.8) is 0 Å². The molecule has 6 rings (SSSR count). The Morgan fingerprint density at radius 1 is 0.973 bits per heavy atom. The van der Waals surface area contributed by atoms with Gasteiger partial charge in [0.1, 0.15) is 24.6 Å². The van der Waals surface area contributed by atoms with Gasteiger partial charge >= 0.3 is 6.03 Å². The van der Waals surface area contributed by atoms with E-state index < -0.39 is 0 Å². The third-order valence-electron chi connectivity index (χ3n) is 8.42. The summed E-state index contributed by atoms with van der Waals surface area (Å²) in [5.41, 5.74) is 5.56. The lowest BCUT2D eigenvalue weighted by atomic mass is 9.80. The summed E-state index contributed by atoms with van der Waals surface area (Å²) in [5, 5.41) is 5.41. The normalized spacial score (nSPS) is 27.6. The number of piperazine rings is 1. The smallest absolute Gasteiger partial charge is 0.336 e. The van der Waals surface area contributed by atoms with Gasteiger partial charge in [-0.3, -0.25) is 10.1 Å². The molecule has 4 fully saturated rings. The Balaban J connectivity index is 1.13. The van der Waals surface area contributed by atoms with Crippen LogP contribution in [0, 0.1) is 5.92 Å². The molecule has 0 aromatic heterocycles. The molecule has 3 heterocycles. The van der Waals surface area contributed by atoms with Crippen LogP contribution < -0.4 is 20.4 Å². The summed E-state index contributed by atoms with van der Waals surface area (Å²) in [6.07, 6.45) is 4.09. The zero-order chi connectivity index (χ0) is 25.4. The first-order valence-electron chi connectivity index (χ1n) is 13.5. The molecule has 3 amide bonds. The lowest BCUT2D eigenvalue weighted by molar-refractivity contribution is -0.134. The molecule has 0 radical (unpaired) electrons. The maximum absolute atomic E-state index is 13.7. The van der Waals surface area contributed by atoms with Gasteiger partial charge in [-0.15, -0.1) is 0 Å². The van der Waals surface area contributed by atoms with Crippen LogP contribution in [0.15, 0.2) is 54.6 Å². The first-order valence-corrected chi connectivity index (χ1v) is 13.5. The fraction of sp³-hybridized carbons (Fsp3) is 0.500. The predicted octanol–water partition coefficient (Wildman–Crippen LogP) is 2.77. The molecule has 2 N–H and O–H groups in total. The van der Waals surface area contributed by atoms with Crippen molar-refractivity contribution in [1.29, 1.82) is 0 Å². The van der Waals surface area contributed by atoms with Gasteiger partial charge < -0.3 is 19.4 Å². The molecule has 0 bridgehead atoms. The summed E-state index contributed by atoms with van der Waals surface area (Å²) in [5.74, 6) is 1.17. The number of ether oxygens (including phenoxy) is 1. The number of methoxy groups -OCH3 is 1. The van der Waals surface area contributed by atoms with Crippen LogP contribution >= 0.6 is 0 Å². The molecule has 196 valence electrons. The fourth-order valence-electron chi connectivity index (χ4n) is 6.50. The number of hydrogen-bond donors (Lipinski definition) is 2. The van der Waals surface area contributed by atoms with Crippen LogP contribution in [0.1, 0.15) is 37.4 Å². The van der Waals surface area contributed by atoms with Crippen LogP contribution in [0.25, 0.3) is 0 Å². The first-order chi connectivity index (χ1) is 18.1. The monoisotopic (exact) mass is 504 g/mol. The zero-order valence-corrected chi connectivity index (χ0v) is 21.4. The third-order valence-corrected chi connectivity index (χ3v) is 8.42. The molecule has 4 atom stereocenters. The van der Waals surface area contributed by atoms with Gasteiger partial charge in [0, 0.05) is 38.1 Å². The molecule has 9 heteroatoms. The molecular formula is C28H36N6O3. The highest BCUT2D eigenvalue weighted by Gasteiger charge is 2.52. The molecule has 3 aliphatic heterocycles. The first kappa shape index (κ1) is 24.1. The van der Waals surface area contributed by atoms with Crippen LogP contribution in [-0.4, -0.2) is 78.8 Å². The van der Waals surface area contributed by atoms with Gasteiger partial charge in [-0.05, 0) is 30.5 Å². The summed E-state index contributed by atoms with van der Waals surface area (Å²) < 4.78 is 5.52. The number of urea groups is 1. The summed E-state index contributed by atoms with van der Waals surface area (Å²) in [4.78, 5) is 33.2. The highest BCUT2D eigenvalue weighted by atomic mass is 16.5. The number of nitrogens with zero attached hydrogens (tertiary/aromatic N) is 4. The molecular weight excluding hydrogens is 468 g/mol. The highest BCUT2D eigenvalue weighted by Crippen LogP contribution is 2.39. The van der Waals surface area contributed by atoms with Gasteiger partial charge in [0.15, 0.2) is 0 Å². The van der Waals surface area contributed by atoms with E-state index in [-0.39, 0.29) is 36.9 Å². The van der Waals surface area contributed by atoms with Crippen LogP contribution in [0.4, 0.5) is 10.5 Å². The minimum absolute atomic E-state index is 0.0302. The van der Waals surface area contributed by atoms with E-state index in [0.29, 0.717) is 19.0 Å². The topological polar surface area (TPSA) is 80.4 Å². The highest BCUT2D eigenvalue weighted by molar-refractivity contribution is 5.85. The molecule has 37 heavy (non-hydrogen) atoms. The molecule has 9 nitrogen and oxygen atoms in total. The van der Waals surface area contributed by atoms with Crippen molar-refractivity contribution in [3.05, 3.63) is 60.2 Å². The summed E-state index contributed by atoms with van der Waals surface area (Å²) in [6.45, 7) is 2.88. The zero-order valence-electron chi connectivity index (χ0n) is 21.4. The molecule has 0 spiro atoms. The van der Waals surface area contributed by atoms with Crippen molar-refractivity contribution >= 4 is 17.6 Å². The van der Waals surface area contributed by atoms with Crippen molar-refractivity contribution in [1.82, 2.24) is 25.6 Å². The standard InChI is InChI=1S/C28H36N6O3/c1-37-24-14-8-7-13-23(24)31-15-17-32(18-16-31)25(35)19-33-22-12-6-5-11-21(22)27-29-26(30-34(27)28(33)36)20-9-3-2-4-10-20/h2-4,7-10,13-14,21-22,26-27,29-30H,5-6,11-12,15-19H2,1H3. The number of hydrazine groups is 1. The third kappa shape index (κ3) is 4.51. The number of nitrogens with one attached hydrogen (secondary N) is 2. The minimum atomic E-state index is -0.114. The Labute approximate surface area is 218 Å². The number of anilines is 1. The number of carbonyl (C=O) groups excluding carboxylic acids is 2. The van der Waals surface area contributed by atoms with E-state index >= 15 is 0 Å². The van der Waals surface area contributed by atoms with Gasteiger partial charge in [-0.2, -0.15) is 0 Å². The summed E-state index contributed by atoms with van der Waals surface area (Å²) >= 11 is 0. The number of rotatable bonds is 5. The lowest BCUT2D eigenvalue weighted by Gasteiger charge is -2.50. The van der Waals surface area contributed by atoms with E-state index in [1.54, 1.807) is 12.1 Å². The number of carbonyl (C=O) groups is 2. The van der Waals surface area contributed by atoms with Gasteiger partial charge in [-0.25, -0.2) is 15.2 Å². The fourth-order valence-corrected chi connectivity index (χ4v) is 6.50. The van der Waals surface area contributed by atoms with E-state index in [0.717, 1.165) is 55.8 Å². The Hall–Kier alpha value is -3.30. The number of benzene rings is 2. The van der Waals surface area contributed by atoms with Crippen LogP contribution in [-0.2, 0) is 4.79 Å². The second-order valence-corrected chi connectivity index (χ2v) is 10.4. The van der Waals surface area contributed by atoms with Crippen LogP contribution in [0.5, 0.6) is 5.75 Å². The predicted molar refractivity (Wildman–Crippen MR) is 141 cm³/mol. The molecule has 3 saturated heterocycles. The Kier molecular flexibility index (Phi) is 6.65. The average Bonchev–Trinajstić information content (AvgIpc) is 3.42. The number of fused-ring (bicyclic) bond motifs is 3. The summed E-state index contributed by atoms with van der Waals surface area (Å²) in [6, 6.07) is 18.1. The van der Waals surface area contributed by atoms with Gasteiger partial charge in [0.25, 0.3) is 0 Å². The molecule has 2 aromatic rings. The molecule has 4 aliphatic rings. The van der Waals surface area contributed by atoms with E-state index in [4.69, 9.17) is 4.74 Å². The SMILES string of the molecule is COc1ccccc1N1CCN(C(=O)CN2C(=O)N3NC(c4ccccc4)NC3C3CCCCC32)CC1. The van der Waals surface area contributed by atoms with E-state index in [2.05, 4.69) is 33.8 Å². The van der Waals surface area contributed by atoms with Crippen molar-refractivity contribution in [2.24, 2.45) is 5.92 Å². The van der Waals surface area contributed by atoms with Crippen molar-refractivity contribution < 1.29 is 14.3 Å². The number of hydrogen-bond acceptors (Lipinski definition) is 6. The van der Waals surface area contributed by atoms with Crippen molar-refractivity contribution in [2.45, 2.75) is 44.1 Å². The van der Waals surface area contributed by atoms with Gasteiger partial charge in [0.2, 0.25) is 5.91 Å². The second-order valence-electron chi connectivity index (χ2n) is 10.4. The number of amides is 3. The molecule has 1 saturated carbocycles. The average molecular weight is 505 g/mol. The van der Waals surface area contributed by atoms with Crippen LogP contribution in [0.2, 0.25) is 0 Å². The molecule has 1 aliphatic carbocycles. The van der Waals surface area contributed by atoms with E-state index in [1.165, 1.54) is 0 Å². The second kappa shape index (κ2) is 10.2.